The molecule has 11 heteroatoms. The fourth-order valence-electron chi connectivity index (χ4n) is 4.38. The van der Waals surface area contributed by atoms with Gasteiger partial charge in [0.2, 0.25) is 12.3 Å². The third-order valence-corrected chi connectivity index (χ3v) is 6.27. The Morgan fingerprint density at radius 2 is 1.85 bits per heavy atom. The van der Waals surface area contributed by atoms with Gasteiger partial charge in [-0.05, 0) is 36.1 Å². The number of methoxy groups -OCH3 is 1. The maximum atomic E-state index is 13.3. The van der Waals surface area contributed by atoms with Crippen molar-refractivity contribution in [3.05, 3.63) is 105 Å². The second-order valence-electron chi connectivity index (χ2n) is 8.76. The highest BCUT2D eigenvalue weighted by molar-refractivity contribution is 6.04. The van der Waals surface area contributed by atoms with Crippen LogP contribution >= 0.6 is 0 Å². The Morgan fingerprint density at radius 1 is 1.10 bits per heavy atom. The lowest BCUT2D eigenvalue weighted by atomic mass is 9.92. The lowest BCUT2D eigenvalue weighted by Gasteiger charge is -2.18. The average Bonchev–Trinajstić information content (AvgIpc) is 3.38. The number of nitro groups is 1. The molecule has 1 N–H and O–H groups in total. The first-order chi connectivity index (χ1) is 18.8. The van der Waals surface area contributed by atoms with Crippen LogP contribution in [-0.2, 0) is 16.0 Å². The summed E-state index contributed by atoms with van der Waals surface area (Å²) in [6, 6.07) is 18.8. The zero-order valence-electron chi connectivity index (χ0n) is 21.3. The predicted octanol–water partition coefficient (Wildman–Crippen LogP) is 4.78. The van der Waals surface area contributed by atoms with E-state index >= 15 is 0 Å². The molecule has 1 atom stereocenters. The van der Waals surface area contributed by atoms with E-state index in [-0.39, 0.29) is 11.3 Å². The van der Waals surface area contributed by atoms with Gasteiger partial charge in [0, 0.05) is 17.5 Å². The van der Waals surface area contributed by atoms with Crippen molar-refractivity contribution in [3.8, 4) is 16.8 Å². The molecule has 0 spiro atoms. The summed E-state index contributed by atoms with van der Waals surface area (Å²) in [4.78, 5) is 48.5. The minimum absolute atomic E-state index is 0.0930. The summed E-state index contributed by atoms with van der Waals surface area (Å²) in [7, 11) is 1.17. The van der Waals surface area contributed by atoms with Crippen LogP contribution in [0.4, 0.5) is 11.4 Å². The predicted molar refractivity (Wildman–Crippen MR) is 143 cm³/mol. The van der Waals surface area contributed by atoms with Gasteiger partial charge in [-0.3, -0.25) is 14.9 Å². The minimum Gasteiger partial charge on any atom is -0.465 e. The molecule has 4 rings (SSSR count). The smallest absolute Gasteiger partial charge is 0.441 e. The van der Waals surface area contributed by atoms with Gasteiger partial charge < -0.3 is 14.5 Å². The van der Waals surface area contributed by atoms with Crippen molar-refractivity contribution >= 4 is 23.3 Å². The van der Waals surface area contributed by atoms with E-state index in [2.05, 4.69) is 10.4 Å². The monoisotopic (exact) mass is 530 g/mol. The summed E-state index contributed by atoms with van der Waals surface area (Å²) in [5.74, 6) is -2.32. The molecule has 1 aromatic heterocycles. The summed E-state index contributed by atoms with van der Waals surface area (Å²) < 4.78 is 10.7. The molecule has 1 unspecified atom stereocenters. The van der Waals surface area contributed by atoms with Crippen LogP contribution in [0.15, 0.2) is 82.3 Å². The number of benzene rings is 3. The number of ether oxygens (including phenoxy) is 1. The first-order valence-electron chi connectivity index (χ1n) is 12.2. The van der Waals surface area contributed by atoms with Gasteiger partial charge in [-0.1, -0.05) is 61.9 Å². The molecule has 0 bridgehead atoms. The number of hydrogen-bond acceptors (Lipinski definition) is 8. The van der Waals surface area contributed by atoms with Gasteiger partial charge in [-0.2, -0.15) is 4.68 Å². The molecule has 11 nitrogen and oxygen atoms in total. The Labute approximate surface area is 223 Å². The Kier molecular flexibility index (Phi) is 8.30. The van der Waals surface area contributed by atoms with Crippen molar-refractivity contribution in [1.82, 2.24) is 9.78 Å². The van der Waals surface area contributed by atoms with E-state index in [0.717, 1.165) is 23.1 Å². The first-order valence-corrected chi connectivity index (χ1v) is 12.2. The topological polar surface area (TPSA) is 147 Å². The van der Waals surface area contributed by atoms with Crippen LogP contribution in [0, 0.1) is 16.0 Å². The Morgan fingerprint density at radius 3 is 2.49 bits per heavy atom. The third kappa shape index (κ3) is 5.93. The molecule has 0 saturated carbocycles. The Balaban J connectivity index is 1.58. The molecule has 0 radical (unpaired) electrons. The molecule has 39 heavy (non-hydrogen) atoms. The van der Waals surface area contributed by atoms with E-state index in [1.807, 2.05) is 43.3 Å². The Bertz CT molecular complexity index is 1560. The average molecular weight is 531 g/mol. The molecule has 200 valence electrons. The van der Waals surface area contributed by atoms with E-state index in [0.29, 0.717) is 24.9 Å². The molecular weight excluding hydrogens is 504 g/mol. The number of nitrogens with zero attached hydrogens (tertiary/aromatic N) is 3. The summed E-state index contributed by atoms with van der Waals surface area (Å²) in [6.07, 6.45) is 2.69. The maximum absolute atomic E-state index is 13.3. The second-order valence-corrected chi connectivity index (χ2v) is 8.76. The Hall–Kier alpha value is -5.06. The van der Waals surface area contributed by atoms with E-state index < -0.39 is 34.2 Å². The van der Waals surface area contributed by atoms with Gasteiger partial charge in [-0.25, -0.2) is 9.59 Å². The summed E-state index contributed by atoms with van der Waals surface area (Å²) >= 11 is 0. The number of nitrogens with one attached hydrogen (secondary N) is 1. The van der Waals surface area contributed by atoms with Crippen LogP contribution in [-0.4, -0.2) is 33.7 Å². The summed E-state index contributed by atoms with van der Waals surface area (Å²) in [5.41, 5.74) is 2.38. The van der Waals surface area contributed by atoms with Crippen molar-refractivity contribution in [2.75, 3.05) is 12.4 Å². The number of carbonyl (C=O) groups is 2. The zero-order chi connectivity index (χ0) is 27.9. The van der Waals surface area contributed by atoms with Crippen molar-refractivity contribution in [2.24, 2.45) is 5.92 Å². The fraction of sp³-hybridized carbons (Fsp3) is 0.214. The number of aromatic nitrogens is 2. The van der Waals surface area contributed by atoms with Crippen molar-refractivity contribution in [1.29, 1.82) is 0 Å². The van der Waals surface area contributed by atoms with Crippen molar-refractivity contribution < 1.29 is 23.7 Å². The van der Waals surface area contributed by atoms with Gasteiger partial charge in [0.1, 0.15) is 5.69 Å². The molecule has 3 aromatic carbocycles. The van der Waals surface area contributed by atoms with Crippen LogP contribution in [0.25, 0.3) is 16.8 Å². The number of nitro benzene ring substituents is 1. The van der Waals surface area contributed by atoms with Gasteiger partial charge in [0.15, 0.2) is 0 Å². The summed E-state index contributed by atoms with van der Waals surface area (Å²) in [5, 5.41) is 18.2. The van der Waals surface area contributed by atoms with Gasteiger partial charge in [0.05, 0.1) is 23.3 Å². The SMILES string of the molecule is CCCC(Cc1ccc(-c2ccccc2-n2ncoc2=O)cc1)C(=O)Nc1c(C(=O)OC)cccc1[N+](=O)[O-]. The number of rotatable bonds is 10. The molecule has 0 aliphatic carbocycles. The van der Waals surface area contributed by atoms with E-state index in [4.69, 9.17) is 9.15 Å². The van der Waals surface area contributed by atoms with Crippen LogP contribution in [0.1, 0.15) is 35.7 Å². The van der Waals surface area contributed by atoms with Gasteiger partial charge in [-0.15, -0.1) is 5.10 Å². The lowest BCUT2D eigenvalue weighted by Crippen LogP contribution is -2.26. The van der Waals surface area contributed by atoms with Crippen molar-refractivity contribution in [3.63, 3.8) is 0 Å². The summed E-state index contributed by atoms with van der Waals surface area (Å²) in [6.45, 7) is 1.94. The maximum Gasteiger partial charge on any atom is 0.441 e. The number of anilines is 1. The fourth-order valence-corrected chi connectivity index (χ4v) is 4.38. The van der Waals surface area contributed by atoms with Gasteiger partial charge in [0.25, 0.3) is 5.69 Å². The zero-order valence-corrected chi connectivity index (χ0v) is 21.3. The van der Waals surface area contributed by atoms with Crippen LogP contribution in [0.5, 0.6) is 0 Å². The van der Waals surface area contributed by atoms with Crippen LogP contribution in [0.2, 0.25) is 0 Å². The standard InChI is InChI=1S/C28H26N4O7/c1-3-7-20(26(33)30-25-22(27(34)38-2)9-6-11-24(25)32(36)37)16-18-12-14-19(15-13-18)21-8-4-5-10-23(21)31-28(35)39-17-29-31/h4-6,8-15,17,20H,3,7,16H2,1-2H3,(H,30,33). The third-order valence-electron chi connectivity index (χ3n) is 6.27. The van der Waals surface area contributed by atoms with E-state index in [1.54, 1.807) is 12.1 Å². The first kappa shape index (κ1) is 27.0. The van der Waals surface area contributed by atoms with Crippen molar-refractivity contribution in [2.45, 2.75) is 26.2 Å². The lowest BCUT2D eigenvalue weighted by molar-refractivity contribution is -0.384. The minimum atomic E-state index is -0.787. The van der Waals surface area contributed by atoms with Crippen LogP contribution < -0.4 is 11.1 Å². The molecule has 0 aliphatic heterocycles. The number of esters is 1. The molecule has 0 saturated heterocycles. The normalized spacial score (nSPS) is 11.5. The van der Waals surface area contributed by atoms with Gasteiger partial charge >= 0.3 is 11.7 Å². The molecule has 0 aliphatic rings. The number of carbonyl (C=O) groups excluding carboxylic acids is 2. The number of para-hydroxylation sites is 2. The van der Waals surface area contributed by atoms with E-state index in [1.165, 1.54) is 30.0 Å². The molecule has 1 heterocycles. The highest BCUT2D eigenvalue weighted by atomic mass is 16.6. The largest absolute Gasteiger partial charge is 0.465 e. The molecular formula is C28H26N4O7. The van der Waals surface area contributed by atoms with Crippen LogP contribution in [0.3, 0.4) is 0 Å². The number of amides is 1. The molecule has 0 fully saturated rings. The molecule has 4 aromatic rings. The highest BCUT2D eigenvalue weighted by Crippen LogP contribution is 2.31. The molecule has 1 amide bonds. The second kappa shape index (κ2) is 12.0. The van der Waals surface area contributed by atoms with E-state index in [9.17, 15) is 24.5 Å². The highest BCUT2D eigenvalue weighted by Gasteiger charge is 2.27. The quantitative estimate of drug-likeness (QED) is 0.175. The number of hydrogen-bond donors (Lipinski definition) is 1.